The first-order valence-electron chi connectivity index (χ1n) is 10.6. The summed E-state index contributed by atoms with van der Waals surface area (Å²) in [5.41, 5.74) is 1.75. The highest BCUT2D eigenvalue weighted by molar-refractivity contribution is 7.16. The van der Waals surface area contributed by atoms with Crippen LogP contribution in [-0.2, 0) is 30.3 Å². The first-order valence-corrected chi connectivity index (χ1v) is 11.4. The van der Waals surface area contributed by atoms with Gasteiger partial charge in [-0.15, -0.1) is 11.3 Å². The van der Waals surface area contributed by atoms with Gasteiger partial charge in [0.15, 0.2) is 13.2 Å². The van der Waals surface area contributed by atoms with E-state index in [9.17, 15) is 19.2 Å². The monoisotopic (exact) mass is 474 g/mol. The molecular formula is C23H26N2O7S. The number of anilines is 2. The van der Waals surface area contributed by atoms with E-state index in [2.05, 4.69) is 5.32 Å². The molecule has 2 heterocycles. The molecular weight excluding hydrogens is 448 g/mol. The second-order valence-corrected chi connectivity index (χ2v) is 8.40. The third kappa shape index (κ3) is 5.70. The number of hydrogen-bond acceptors (Lipinski definition) is 8. The van der Waals surface area contributed by atoms with Gasteiger partial charge in [0.25, 0.3) is 11.8 Å². The van der Waals surface area contributed by atoms with E-state index in [4.69, 9.17) is 14.2 Å². The number of ether oxygens (including phenoxy) is 3. The molecule has 9 nitrogen and oxygen atoms in total. The van der Waals surface area contributed by atoms with Crippen molar-refractivity contribution in [3.05, 3.63) is 40.3 Å². The Hall–Kier alpha value is -3.40. The van der Waals surface area contributed by atoms with Gasteiger partial charge in [-0.2, -0.15) is 0 Å². The number of thiophene rings is 1. The van der Waals surface area contributed by atoms with Crippen molar-refractivity contribution in [2.45, 2.75) is 33.6 Å². The van der Waals surface area contributed by atoms with Crippen molar-refractivity contribution in [3.8, 4) is 5.75 Å². The summed E-state index contributed by atoms with van der Waals surface area (Å²) in [7, 11) is 0. The molecule has 176 valence electrons. The van der Waals surface area contributed by atoms with E-state index in [0.717, 1.165) is 10.4 Å². The minimum Gasteiger partial charge on any atom is -0.482 e. The van der Waals surface area contributed by atoms with Crippen LogP contribution in [0.15, 0.2) is 24.3 Å². The average Bonchev–Trinajstić information content (AvgIpc) is 3.11. The molecule has 1 aliphatic heterocycles. The smallest absolute Gasteiger partial charge is 0.341 e. The minimum atomic E-state index is -0.621. The van der Waals surface area contributed by atoms with E-state index in [0.29, 0.717) is 28.4 Å². The Bertz CT molecular complexity index is 1060. The van der Waals surface area contributed by atoms with Crippen LogP contribution in [0, 0.1) is 6.92 Å². The number of carbonyl (C=O) groups is 4. The predicted octanol–water partition coefficient (Wildman–Crippen LogP) is 3.09. The van der Waals surface area contributed by atoms with E-state index >= 15 is 0 Å². The molecule has 0 saturated heterocycles. The Morgan fingerprint density at radius 3 is 2.67 bits per heavy atom. The Morgan fingerprint density at radius 1 is 1.18 bits per heavy atom. The fraction of sp³-hybridized carbons (Fsp3) is 0.391. The van der Waals surface area contributed by atoms with Gasteiger partial charge in [0.05, 0.1) is 24.3 Å². The Kier molecular flexibility index (Phi) is 8.05. The number of benzene rings is 1. The number of hydrogen-bond donors (Lipinski definition) is 1. The fourth-order valence-corrected chi connectivity index (χ4v) is 4.64. The number of para-hydroxylation sites is 2. The number of nitrogens with one attached hydrogen (secondary N) is 1. The molecule has 1 aliphatic rings. The lowest BCUT2D eigenvalue weighted by Crippen LogP contribution is -2.40. The molecule has 0 radical (unpaired) electrons. The summed E-state index contributed by atoms with van der Waals surface area (Å²) in [6.45, 7) is 5.22. The molecule has 2 aromatic rings. The van der Waals surface area contributed by atoms with Crippen LogP contribution < -0.4 is 15.0 Å². The van der Waals surface area contributed by atoms with Crippen molar-refractivity contribution >= 4 is 45.8 Å². The van der Waals surface area contributed by atoms with Gasteiger partial charge in [0, 0.05) is 11.4 Å². The molecule has 1 N–H and O–H groups in total. The maximum Gasteiger partial charge on any atom is 0.341 e. The standard InChI is InChI=1S/C23H26N2O7S/c1-4-15-14(3)33-22(21(15)23(29)30-5-2)24-18(26)12-32-20(28)10-11-25-16-8-6-7-9-17(16)31-13-19(25)27/h6-9H,4-5,10-13H2,1-3H3,(H,24,26). The molecule has 0 spiro atoms. The summed E-state index contributed by atoms with van der Waals surface area (Å²) >= 11 is 1.28. The molecule has 1 aromatic carbocycles. The van der Waals surface area contributed by atoms with Crippen LogP contribution in [-0.4, -0.2) is 50.1 Å². The van der Waals surface area contributed by atoms with Crippen LogP contribution >= 0.6 is 11.3 Å². The van der Waals surface area contributed by atoms with Crippen molar-refractivity contribution < 1.29 is 33.4 Å². The largest absolute Gasteiger partial charge is 0.482 e. The van der Waals surface area contributed by atoms with E-state index in [1.54, 1.807) is 31.2 Å². The summed E-state index contributed by atoms with van der Waals surface area (Å²) in [4.78, 5) is 51.5. The predicted molar refractivity (Wildman–Crippen MR) is 123 cm³/mol. The number of carbonyl (C=O) groups excluding carboxylic acids is 4. The maximum absolute atomic E-state index is 12.4. The highest BCUT2D eigenvalue weighted by Crippen LogP contribution is 2.34. The number of esters is 2. The van der Waals surface area contributed by atoms with Gasteiger partial charge in [-0.05, 0) is 38.0 Å². The van der Waals surface area contributed by atoms with Gasteiger partial charge in [-0.3, -0.25) is 14.4 Å². The number of aryl methyl sites for hydroxylation is 1. The maximum atomic E-state index is 12.4. The lowest BCUT2D eigenvalue weighted by molar-refractivity contribution is -0.147. The molecule has 33 heavy (non-hydrogen) atoms. The molecule has 0 aliphatic carbocycles. The molecule has 0 bridgehead atoms. The van der Waals surface area contributed by atoms with Crippen LogP contribution in [0.1, 0.15) is 41.1 Å². The summed E-state index contributed by atoms with van der Waals surface area (Å²) in [6.07, 6.45) is 0.532. The van der Waals surface area contributed by atoms with E-state index in [-0.39, 0.29) is 32.1 Å². The lowest BCUT2D eigenvalue weighted by Gasteiger charge is -2.28. The zero-order valence-electron chi connectivity index (χ0n) is 18.8. The zero-order valence-corrected chi connectivity index (χ0v) is 19.6. The molecule has 0 fully saturated rings. The Morgan fingerprint density at radius 2 is 1.94 bits per heavy atom. The van der Waals surface area contributed by atoms with Crippen molar-refractivity contribution in [2.75, 3.05) is 36.6 Å². The molecule has 0 unspecified atom stereocenters. The molecule has 0 atom stereocenters. The number of fused-ring (bicyclic) bond motifs is 1. The topological polar surface area (TPSA) is 111 Å². The number of rotatable bonds is 9. The van der Waals surface area contributed by atoms with Crippen molar-refractivity contribution in [3.63, 3.8) is 0 Å². The van der Waals surface area contributed by atoms with Crippen molar-refractivity contribution in [1.29, 1.82) is 0 Å². The highest BCUT2D eigenvalue weighted by Gasteiger charge is 2.26. The summed E-state index contributed by atoms with van der Waals surface area (Å²) in [6, 6.07) is 7.06. The van der Waals surface area contributed by atoms with Gasteiger partial charge in [-0.25, -0.2) is 4.79 Å². The molecule has 2 amide bonds. The van der Waals surface area contributed by atoms with E-state index in [1.165, 1.54) is 16.2 Å². The summed E-state index contributed by atoms with van der Waals surface area (Å²) in [5.74, 6) is -1.37. The van der Waals surface area contributed by atoms with Crippen molar-refractivity contribution in [2.24, 2.45) is 0 Å². The highest BCUT2D eigenvalue weighted by atomic mass is 32.1. The number of amides is 2. The fourth-order valence-electron chi connectivity index (χ4n) is 3.49. The van der Waals surface area contributed by atoms with Gasteiger partial charge in [0.1, 0.15) is 10.8 Å². The Labute approximate surface area is 195 Å². The van der Waals surface area contributed by atoms with E-state index < -0.39 is 24.5 Å². The second kappa shape index (κ2) is 11.0. The lowest BCUT2D eigenvalue weighted by atomic mass is 10.1. The number of nitrogens with zero attached hydrogens (tertiary/aromatic N) is 1. The van der Waals surface area contributed by atoms with Gasteiger partial charge >= 0.3 is 11.9 Å². The van der Waals surface area contributed by atoms with Gasteiger partial charge in [0.2, 0.25) is 0 Å². The quantitative estimate of drug-likeness (QED) is 0.556. The first kappa shape index (κ1) is 24.2. The van der Waals surface area contributed by atoms with Crippen LogP contribution in [0.5, 0.6) is 5.75 Å². The van der Waals surface area contributed by atoms with Crippen LogP contribution in [0.3, 0.4) is 0 Å². The summed E-state index contributed by atoms with van der Waals surface area (Å²) < 4.78 is 15.6. The first-order chi connectivity index (χ1) is 15.8. The van der Waals surface area contributed by atoms with Crippen LogP contribution in [0.4, 0.5) is 10.7 Å². The summed E-state index contributed by atoms with van der Waals surface area (Å²) in [5, 5.41) is 3.02. The second-order valence-electron chi connectivity index (χ2n) is 7.18. The minimum absolute atomic E-state index is 0.0838. The van der Waals surface area contributed by atoms with Crippen molar-refractivity contribution in [1.82, 2.24) is 0 Å². The average molecular weight is 475 g/mol. The Balaban J connectivity index is 1.55. The SMILES string of the molecule is CCOC(=O)c1c(NC(=O)COC(=O)CCN2C(=O)COc3ccccc32)sc(C)c1CC. The zero-order chi connectivity index (χ0) is 24.0. The molecule has 3 rings (SSSR count). The van der Waals surface area contributed by atoms with Gasteiger partial charge in [-0.1, -0.05) is 19.1 Å². The molecule has 0 saturated carbocycles. The third-order valence-corrected chi connectivity index (χ3v) is 6.07. The molecule has 10 heteroatoms. The molecule has 1 aromatic heterocycles. The normalized spacial score (nSPS) is 12.6. The third-order valence-electron chi connectivity index (χ3n) is 5.01. The van der Waals surface area contributed by atoms with Gasteiger partial charge < -0.3 is 24.4 Å². The van der Waals surface area contributed by atoms with E-state index in [1.807, 2.05) is 13.8 Å². The van der Waals surface area contributed by atoms with Crippen LogP contribution in [0.25, 0.3) is 0 Å². The van der Waals surface area contributed by atoms with Crippen LogP contribution in [0.2, 0.25) is 0 Å².